The Kier molecular flexibility index (Phi) is 3.77. The molecule has 0 fully saturated rings. The number of halogens is 2. The van der Waals surface area contributed by atoms with Gasteiger partial charge in [0.25, 0.3) is 0 Å². The highest BCUT2D eigenvalue weighted by Gasteiger charge is 2.17. The third-order valence-corrected chi connectivity index (χ3v) is 3.37. The van der Waals surface area contributed by atoms with E-state index in [0.717, 1.165) is 11.1 Å². The standard InChI is InChI=1S/C13H12Cl2O2/c1-8-5-6-17-13(8)12(16)7-9-10(14)3-2-4-11(9)15/h2-6,12,16H,7H2,1H3. The van der Waals surface area contributed by atoms with Gasteiger partial charge in [-0.1, -0.05) is 29.3 Å². The summed E-state index contributed by atoms with van der Waals surface area (Å²) in [6, 6.07) is 7.10. The minimum atomic E-state index is -0.734. The molecule has 0 radical (unpaired) electrons. The van der Waals surface area contributed by atoms with E-state index in [9.17, 15) is 5.11 Å². The molecule has 0 saturated heterocycles. The van der Waals surface area contributed by atoms with Crippen LogP contribution in [0.3, 0.4) is 0 Å². The zero-order valence-electron chi connectivity index (χ0n) is 9.28. The fourth-order valence-electron chi connectivity index (χ4n) is 1.74. The summed E-state index contributed by atoms with van der Waals surface area (Å²) in [5.41, 5.74) is 1.65. The van der Waals surface area contributed by atoms with Crippen LogP contribution in [-0.4, -0.2) is 5.11 Å². The van der Waals surface area contributed by atoms with Crippen molar-refractivity contribution < 1.29 is 9.52 Å². The van der Waals surface area contributed by atoms with Gasteiger partial charge in [-0.25, -0.2) is 0 Å². The molecule has 0 aliphatic rings. The van der Waals surface area contributed by atoms with Gasteiger partial charge in [-0.3, -0.25) is 0 Å². The van der Waals surface area contributed by atoms with Crippen molar-refractivity contribution in [3.63, 3.8) is 0 Å². The van der Waals surface area contributed by atoms with Gasteiger partial charge in [0.05, 0.1) is 6.26 Å². The summed E-state index contributed by atoms with van der Waals surface area (Å²) < 4.78 is 5.24. The molecule has 0 spiro atoms. The maximum Gasteiger partial charge on any atom is 0.135 e. The Morgan fingerprint density at radius 2 is 1.88 bits per heavy atom. The number of benzene rings is 1. The SMILES string of the molecule is Cc1ccoc1C(O)Cc1c(Cl)cccc1Cl. The van der Waals surface area contributed by atoms with E-state index in [-0.39, 0.29) is 0 Å². The molecule has 2 nitrogen and oxygen atoms in total. The first-order valence-corrected chi connectivity index (χ1v) is 6.00. The first kappa shape index (κ1) is 12.5. The molecule has 0 saturated carbocycles. The normalized spacial score (nSPS) is 12.7. The van der Waals surface area contributed by atoms with Gasteiger partial charge >= 0.3 is 0 Å². The molecule has 2 rings (SSSR count). The van der Waals surface area contributed by atoms with Crippen LogP contribution in [0.15, 0.2) is 34.9 Å². The van der Waals surface area contributed by atoms with Crippen LogP contribution in [0.5, 0.6) is 0 Å². The third-order valence-electron chi connectivity index (χ3n) is 2.66. The Bertz CT molecular complexity index is 500. The number of hydrogen-bond acceptors (Lipinski definition) is 2. The minimum absolute atomic E-state index is 0.340. The van der Waals surface area contributed by atoms with E-state index in [4.69, 9.17) is 27.6 Å². The molecule has 1 N–H and O–H groups in total. The third kappa shape index (κ3) is 2.65. The molecule has 0 bridgehead atoms. The zero-order chi connectivity index (χ0) is 12.4. The molecule has 17 heavy (non-hydrogen) atoms. The highest BCUT2D eigenvalue weighted by molar-refractivity contribution is 6.35. The summed E-state index contributed by atoms with van der Waals surface area (Å²) >= 11 is 12.1. The Hall–Kier alpha value is -0.960. The molecule has 1 aromatic carbocycles. The smallest absolute Gasteiger partial charge is 0.135 e. The molecule has 1 unspecified atom stereocenters. The van der Waals surface area contributed by atoms with E-state index in [1.54, 1.807) is 24.5 Å². The second kappa shape index (κ2) is 5.13. The van der Waals surface area contributed by atoms with E-state index in [1.807, 2.05) is 13.0 Å². The van der Waals surface area contributed by atoms with Crippen LogP contribution >= 0.6 is 23.2 Å². The van der Waals surface area contributed by atoms with Crippen LogP contribution < -0.4 is 0 Å². The lowest BCUT2D eigenvalue weighted by Gasteiger charge is -2.11. The molecule has 4 heteroatoms. The van der Waals surface area contributed by atoms with Crippen LogP contribution in [0, 0.1) is 6.92 Å². The molecule has 0 aliphatic heterocycles. The Morgan fingerprint density at radius 1 is 1.24 bits per heavy atom. The van der Waals surface area contributed by atoms with Gasteiger partial charge in [0.15, 0.2) is 0 Å². The van der Waals surface area contributed by atoms with Crippen molar-refractivity contribution in [3.8, 4) is 0 Å². The summed E-state index contributed by atoms with van der Waals surface area (Å²) in [4.78, 5) is 0. The minimum Gasteiger partial charge on any atom is -0.466 e. The number of aryl methyl sites for hydroxylation is 1. The van der Waals surface area contributed by atoms with E-state index in [1.165, 1.54) is 0 Å². The number of aliphatic hydroxyl groups is 1. The molecule has 2 aromatic rings. The van der Waals surface area contributed by atoms with Crippen LogP contribution in [0.25, 0.3) is 0 Å². The van der Waals surface area contributed by atoms with Crippen molar-refractivity contribution in [2.75, 3.05) is 0 Å². The Balaban J connectivity index is 2.25. The predicted molar refractivity (Wildman–Crippen MR) is 68.6 cm³/mol. The van der Waals surface area contributed by atoms with Gasteiger partial charge < -0.3 is 9.52 Å². The van der Waals surface area contributed by atoms with Gasteiger partial charge in [-0.15, -0.1) is 0 Å². The van der Waals surface area contributed by atoms with Crippen LogP contribution in [0.2, 0.25) is 10.0 Å². The van der Waals surface area contributed by atoms with Gasteiger partial charge in [-0.05, 0) is 36.2 Å². The zero-order valence-corrected chi connectivity index (χ0v) is 10.8. The Labute approximate surface area is 110 Å². The first-order valence-electron chi connectivity index (χ1n) is 5.24. The van der Waals surface area contributed by atoms with Crippen molar-refractivity contribution in [2.24, 2.45) is 0 Å². The van der Waals surface area contributed by atoms with Crippen LogP contribution in [0.4, 0.5) is 0 Å². The quantitative estimate of drug-likeness (QED) is 0.908. The largest absolute Gasteiger partial charge is 0.466 e. The first-order chi connectivity index (χ1) is 8.09. The summed E-state index contributed by atoms with van der Waals surface area (Å²) in [7, 11) is 0. The topological polar surface area (TPSA) is 33.4 Å². The molecule has 1 heterocycles. The van der Waals surface area contributed by atoms with Gasteiger partial charge in [-0.2, -0.15) is 0 Å². The molecule has 90 valence electrons. The number of furan rings is 1. The van der Waals surface area contributed by atoms with Crippen molar-refractivity contribution in [2.45, 2.75) is 19.4 Å². The maximum atomic E-state index is 10.1. The van der Waals surface area contributed by atoms with Gasteiger partial charge in [0, 0.05) is 16.5 Å². The molecule has 0 aliphatic carbocycles. The predicted octanol–water partition coefficient (Wildman–Crippen LogP) is 4.17. The van der Waals surface area contributed by atoms with E-state index >= 15 is 0 Å². The molecular formula is C13H12Cl2O2. The van der Waals surface area contributed by atoms with Crippen LogP contribution in [0.1, 0.15) is 23.0 Å². The molecule has 1 atom stereocenters. The van der Waals surface area contributed by atoms with Gasteiger partial charge in [0.1, 0.15) is 11.9 Å². The van der Waals surface area contributed by atoms with E-state index in [2.05, 4.69) is 0 Å². The van der Waals surface area contributed by atoms with Crippen molar-refractivity contribution in [1.82, 2.24) is 0 Å². The fourth-order valence-corrected chi connectivity index (χ4v) is 2.29. The lowest BCUT2D eigenvalue weighted by molar-refractivity contribution is 0.149. The molecule has 1 aromatic heterocycles. The second-order valence-corrected chi connectivity index (χ2v) is 4.70. The average Bonchev–Trinajstić information content (AvgIpc) is 2.70. The van der Waals surface area contributed by atoms with E-state index < -0.39 is 6.10 Å². The second-order valence-electron chi connectivity index (χ2n) is 3.89. The van der Waals surface area contributed by atoms with Crippen molar-refractivity contribution >= 4 is 23.2 Å². The number of aliphatic hydroxyl groups excluding tert-OH is 1. The summed E-state index contributed by atoms with van der Waals surface area (Å²) in [6.45, 7) is 1.89. The van der Waals surface area contributed by atoms with Crippen molar-refractivity contribution in [3.05, 3.63) is 57.5 Å². The summed E-state index contributed by atoms with van der Waals surface area (Å²) in [5.74, 6) is 0.556. The highest BCUT2D eigenvalue weighted by Crippen LogP contribution is 2.30. The fraction of sp³-hybridized carbons (Fsp3) is 0.231. The lowest BCUT2D eigenvalue weighted by Crippen LogP contribution is -2.03. The lowest BCUT2D eigenvalue weighted by atomic mass is 10.0. The van der Waals surface area contributed by atoms with Gasteiger partial charge in [0.2, 0.25) is 0 Å². The summed E-state index contributed by atoms with van der Waals surface area (Å²) in [6.07, 6.45) is 1.16. The highest BCUT2D eigenvalue weighted by atomic mass is 35.5. The Morgan fingerprint density at radius 3 is 2.41 bits per heavy atom. The molecular weight excluding hydrogens is 259 g/mol. The van der Waals surface area contributed by atoms with Crippen molar-refractivity contribution in [1.29, 1.82) is 0 Å². The molecule has 0 amide bonds. The monoisotopic (exact) mass is 270 g/mol. The maximum absolute atomic E-state index is 10.1. The van der Waals surface area contributed by atoms with E-state index in [0.29, 0.717) is 22.2 Å². The number of hydrogen-bond donors (Lipinski definition) is 1. The average molecular weight is 271 g/mol. The summed E-state index contributed by atoms with van der Waals surface area (Å²) in [5, 5.41) is 11.2. The number of rotatable bonds is 3. The van der Waals surface area contributed by atoms with Crippen LogP contribution in [-0.2, 0) is 6.42 Å².